The number of unbranched alkanes of at least 4 members (excludes halogenated alkanes) is 2. The van der Waals surface area contributed by atoms with Gasteiger partial charge in [0.2, 0.25) is 0 Å². The third-order valence-corrected chi connectivity index (χ3v) is 8.98. The van der Waals surface area contributed by atoms with Gasteiger partial charge in [0, 0.05) is 28.7 Å². The van der Waals surface area contributed by atoms with Crippen LogP contribution in [0.25, 0.3) is 0 Å². The summed E-state index contributed by atoms with van der Waals surface area (Å²) in [6.45, 7) is 16.1. The Morgan fingerprint density at radius 1 is 0.646 bits per heavy atom. The number of halogens is 1. The van der Waals surface area contributed by atoms with E-state index in [0.29, 0.717) is 17.5 Å². The molecule has 5 nitrogen and oxygen atoms in total. The van der Waals surface area contributed by atoms with E-state index in [-0.39, 0.29) is 0 Å². The van der Waals surface area contributed by atoms with E-state index in [0.717, 1.165) is 77.4 Å². The molecule has 3 rings (SSSR count). The van der Waals surface area contributed by atoms with Gasteiger partial charge in [-0.3, -0.25) is 5.01 Å². The van der Waals surface area contributed by atoms with Crippen LogP contribution in [0.1, 0.15) is 115 Å². The van der Waals surface area contributed by atoms with Gasteiger partial charge in [-0.15, -0.1) is 5.11 Å². The topological polar surface area (TPSA) is 46.4 Å². The monoisotopic (exact) mass is 711 g/mol. The molecule has 0 heterocycles. The lowest BCUT2D eigenvalue weighted by Crippen LogP contribution is -2.14. The summed E-state index contributed by atoms with van der Waals surface area (Å²) in [5, 5.41) is 11.1. The maximum absolute atomic E-state index is 6.10. The van der Waals surface area contributed by atoms with Crippen LogP contribution in [0.5, 0.6) is 11.5 Å². The molecule has 0 N–H and O–H groups in total. The summed E-state index contributed by atoms with van der Waals surface area (Å²) < 4.78 is 13.1. The van der Waals surface area contributed by atoms with Gasteiger partial charge in [0.05, 0.1) is 24.3 Å². The Hall–Kier alpha value is -3.74. The summed E-state index contributed by atoms with van der Waals surface area (Å²) in [7, 11) is 0. The van der Waals surface area contributed by atoms with E-state index < -0.39 is 0 Å². The second-order valence-corrected chi connectivity index (χ2v) is 13.1. The zero-order chi connectivity index (χ0) is 34.6. The Morgan fingerprint density at radius 3 is 1.46 bits per heavy atom. The summed E-state index contributed by atoms with van der Waals surface area (Å²) in [6, 6.07) is 20.0. The minimum atomic E-state index is 0.592. The Kier molecular flexibility index (Phi) is 17.7. The number of hydrogen-bond donors (Lipinski definition) is 0. The van der Waals surface area contributed by atoms with E-state index in [2.05, 4.69) is 91.5 Å². The van der Waals surface area contributed by atoms with Crippen molar-refractivity contribution in [2.75, 3.05) is 26.3 Å². The second-order valence-electron chi connectivity index (χ2n) is 12.2. The maximum Gasteiger partial charge on any atom is 0.119 e. The van der Waals surface area contributed by atoms with Crippen molar-refractivity contribution in [2.45, 2.75) is 92.9 Å². The Bertz CT molecular complexity index is 1420. The number of rotatable bonds is 18. The summed E-state index contributed by atoms with van der Waals surface area (Å²) in [5.41, 5.74) is 3.96. The molecule has 0 amide bonds. The highest BCUT2D eigenvalue weighted by atomic mass is 79.9. The Labute approximate surface area is 299 Å². The van der Waals surface area contributed by atoms with Gasteiger partial charge in [0.1, 0.15) is 17.2 Å². The van der Waals surface area contributed by atoms with E-state index in [1.54, 1.807) is 0 Å². The van der Waals surface area contributed by atoms with Crippen LogP contribution in [-0.4, -0.2) is 31.3 Å². The third-order valence-electron chi connectivity index (χ3n) is 8.53. The first-order chi connectivity index (χ1) is 23.4. The van der Waals surface area contributed by atoms with Gasteiger partial charge in [-0.25, -0.2) is 0 Å². The summed E-state index contributed by atoms with van der Waals surface area (Å²) in [5.74, 6) is 16.2. The van der Waals surface area contributed by atoms with Crippen molar-refractivity contribution in [2.24, 2.45) is 22.2 Å². The summed E-state index contributed by atoms with van der Waals surface area (Å²) in [6.07, 6.45) is 9.63. The number of benzene rings is 3. The van der Waals surface area contributed by atoms with Crippen LogP contribution in [0.3, 0.4) is 0 Å². The average Bonchev–Trinajstić information content (AvgIpc) is 3.12. The smallest absolute Gasteiger partial charge is 0.119 e. The number of nitrogens with zero attached hydrogens (tertiary/aromatic N) is 3. The molecule has 0 fully saturated rings. The first-order valence-electron chi connectivity index (χ1n) is 17.9. The van der Waals surface area contributed by atoms with Gasteiger partial charge in [-0.1, -0.05) is 111 Å². The lowest BCUT2D eigenvalue weighted by molar-refractivity contribution is 0.233. The Morgan fingerprint density at radius 2 is 1.08 bits per heavy atom. The predicted molar refractivity (Wildman–Crippen MR) is 204 cm³/mol. The van der Waals surface area contributed by atoms with Gasteiger partial charge in [-0.05, 0) is 99.2 Å². The molecule has 0 saturated heterocycles. The second kappa shape index (κ2) is 22.0. The molecule has 3 aromatic rings. The fourth-order valence-electron chi connectivity index (χ4n) is 5.13. The van der Waals surface area contributed by atoms with Crippen LogP contribution in [0.2, 0.25) is 0 Å². The molecule has 0 spiro atoms. The van der Waals surface area contributed by atoms with Crippen LogP contribution in [0.4, 0.5) is 5.69 Å². The third kappa shape index (κ3) is 13.4. The van der Waals surface area contributed by atoms with Gasteiger partial charge in [0.15, 0.2) is 0 Å². The van der Waals surface area contributed by atoms with E-state index in [9.17, 15) is 0 Å². The molecule has 0 saturated carbocycles. The van der Waals surface area contributed by atoms with Crippen molar-refractivity contribution in [3.8, 4) is 35.2 Å². The fraction of sp³-hybridized carbons (Fsp3) is 0.476. The van der Waals surface area contributed by atoms with E-state index in [4.69, 9.17) is 9.47 Å². The van der Waals surface area contributed by atoms with Crippen molar-refractivity contribution in [3.05, 3.63) is 87.4 Å². The normalized spacial score (nSPS) is 12.1. The molecule has 2 atom stereocenters. The average molecular weight is 713 g/mol. The highest BCUT2D eigenvalue weighted by molar-refractivity contribution is 9.10. The van der Waals surface area contributed by atoms with Crippen LogP contribution < -0.4 is 9.47 Å². The van der Waals surface area contributed by atoms with Gasteiger partial charge in [0.25, 0.3) is 0 Å². The minimum Gasteiger partial charge on any atom is -0.493 e. The zero-order valence-electron chi connectivity index (χ0n) is 29.9. The summed E-state index contributed by atoms with van der Waals surface area (Å²) >= 11 is 3.68. The fourth-order valence-corrected chi connectivity index (χ4v) is 5.59. The highest BCUT2D eigenvalue weighted by Gasteiger charge is 2.10. The maximum atomic E-state index is 6.10. The summed E-state index contributed by atoms with van der Waals surface area (Å²) in [4.78, 5) is 0. The molecule has 0 bridgehead atoms. The predicted octanol–water partition coefficient (Wildman–Crippen LogP) is 11.8. The molecule has 256 valence electrons. The lowest BCUT2D eigenvalue weighted by atomic mass is 10.0. The van der Waals surface area contributed by atoms with Crippen LogP contribution >= 0.6 is 15.9 Å². The molecule has 3 aromatic carbocycles. The molecule has 0 aliphatic carbocycles. The zero-order valence-corrected chi connectivity index (χ0v) is 31.5. The van der Waals surface area contributed by atoms with E-state index in [1.165, 1.54) is 38.5 Å². The van der Waals surface area contributed by atoms with Crippen LogP contribution in [0, 0.1) is 35.5 Å². The molecule has 48 heavy (non-hydrogen) atoms. The highest BCUT2D eigenvalue weighted by Crippen LogP contribution is 2.29. The first kappa shape index (κ1) is 38.7. The molecule has 6 heteroatoms. The molecule has 0 aliphatic rings. The standard InChI is InChI=1S/C42H54BrN3O2/c1-7-13-15-33(9-3)31-47-40-25-19-35(20-26-40)17-23-37-29-39(43)30-38(42(37)44-45-46(11-5)12-6)24-18-36-21-27-41(28-22-36)48-32-34(10-4)16-14-8-2/h19-22,25-30,33-34H,7-16,31-32H2,1-6H3. The first-order valence-corrected chi connectivity index (χ1v) is 18.7. The van der Waals surface area contributed by atoms with Crippen molar-refractivity contribution < 1.29 is 9.47 Å². The number of ether oxygens (including phenoxy) is 2. The van der Waals surface area contributed by atoms with E-state index in [1.807, 2.05) is 65.7 Å². The van der Waals surface area contributed by atoms with E-state index >= 15 is 0 Å². The number of hydrogen-bond acceptors (Lipinski definition) is 4. The van der Waals surface area contributed by atoms with Gasteiger partial charge >= 0.3 is 0 Å². The minimum absolute atomic E-state index is 0.592. The van der Waals surface area contributed by atoms with Crippen LogP contribution in [0.15, 0.2) is 75.5 Å². The molecular formula is C42H54BrN3O2. The largest absolute Gasteiger partial charge is 0.493 e. The quantitative estimate of drug-likeness (QED) is 0.0749. The Balaban J connectivity index is 1.83. The molecule has 0 aromatic heterocycles. The lowest BCUT2D eigenvalue weighted by Gasteiger charge is -2.15. The SMILES string of the molecule is CCCCC(CC)COc1ccc(C#Cc2cc(Br)cc(C#Cc3ccc(OCC(CC)CCCC)cc3)c2N=NN(CC)CC)cc1. The van der Waals surface area contributed by atoms with Crippen molar-refractivity contribution in [1.29, 1.82) is 0 Å². The molecule has 0 radical (unpaired) electrons. The van der Waals surface area contributed by atoms with Crippen molar-refractivity contribution in [3.63, 3.8) is 0 Å². The van der Waals surface area contributed by atoms with Gasteiger partial charge in [-0.2, -0.15) is 0 Å². The molecule has 2 unspecified atom stereocenters. The van der Waals surface area contributed by atoms with Crippen molar-refractivity contribution >= 4 is 21.6 Å². The van der Waals surface area contributed by atoms with Crippen LogP contribution in [-0.2, 0) is 0 Å². The van der Waals surface area contributed by atoms with Gasteiger partial charge < -0.3 is 9.47 Å². The molecular weight excluding hydrogens is 658 g/mol. The van der Waals surface area contributed by atoms with Crippen molar-refractivity contribution in [1.82, 2.24) is 5.01 Å². The molecule has 0 aliphatic heterocycles.